The molecule has 1 unspecified atom stereocenters. The molecule has 0 saturated heterocycles. The van der Waals surface area contributed by atoms with Crippen LogP contribution >= 0.6 is 31.9 Å². The van der Waals surface area contributed by atoms with Crippen molar-refractivity contribution >= 4 is 57.6 Å². The molecule has 0 amide bonds. The van der Waals surface area contributed by atoms with Crippen molar-refractivity contribution in [2.24, 2.45) is 0 Å². The van der Waals surface area contributed by atoms with Crippen LogP contribution in [0.3, 0.4) is 0 Å². The zero-order chi connectivity index (χ0) is 26.7. The molecule has 0 saturated carbocycles. The van der Waals surface area contributed by atoms with Crippen LogP contribution in [0.5, 0.6) is 0 Å². The first-order valence-corrected chi connectivity index (χ1v) is 15.6. The molecule has 0 aliphatic rings. The van der Waals surface area contributed by atoms with Crippen LogP contribution in [0.2, 0.25) is 0 Å². The summed E-state index contributed by atoms with van der Waals surface area (Å²) in [7, 11) is -10.2. The fourth-order valence-corrected chi connectivity index (χ4v) is 8.91. The third-order valence-electron chi connectivity index (χ3n) is 5.79. The molecule has 0 aromatic heterocycles. The summed E-state index contributed by atoms with van der Waals surface area (Å²) in [5, 5.41) is 0. The van der Waals surface area contributed by atoms with Gasteiger partial charge in [0.05, 0.1) is 15.7 Å². The maximum absolute atomic E-state index is 17.7. The van der Waals surface area contributed by atoms with Gasteiger partial charge in [-0.3, -0.25) is 0 Å². The normalized spacial score (nSPS) is 13.5. The molecule has 0 fully saturated rings. The van der Waals surface area contributed by atoms with Gasteiger partial charge in [0.15, 0.2) is 0 Å². The van der Waals surface area contributed by atoms with Crippen LogP contribution < -0.4 is 0 Å². The van der Waals surface area contributed by atoms with Crippen LogP contribution in [0.1, 0.15) is 17.0 Å². The molecule has 4 nitrogen and oxygen atoms in total. The molecule has 1 atom stereocenters. The van der Waals surface area contributed by atoms with E-state index < -0.39 is 39.7 Å². The van der Waals surface area contributed by atoms with Gasteiger partial charge in [-0.05, 0) is 59.7 Å². The standard InChI is InChI=1S/C28H21Br2FO4S2/c29-23-16-11-21(12-17-23)13-20-27(22-14-18-24(30)19-15-22)28(31,36(32,33)25-7-3-1-4-8-25)37(34,35)26-9-5-2-6-10-26/h1-20,27H/b20-13+. The summed E-state index contributed by atoms with van der Waals surface area (Å²) in [5.41, 5.74) is 0.819. The third-order valence-corrected chi connectivity index (χ3v) is 11.9. The second kappa shape index (κ2) is 11.0. The molecule has 4 aromatic carbocycles. The number of allylic oxidation sites excluding steroid dienone is 1. The average Bonchev–Trinajstić information content (AvgIpc) is 2.91. The number of hydrogen-bond donors (Lipinski definition) is 0. The number of sulfone groups is 2. The zero-order valence-electron chi connectivity index (χ0n) is 19.2. The first kappa shape index (κ1) is 27.4. The molecule has 0 heterocycles. The Labute approximate surface area is 233 Å². The Hall–Kier alpha value is -2.59. The van der Waals surface area contributed by atoms with E-state index in [-0.39, 0.29) is 5.56 Å². The summed E-state index contributed by atoms with van der Waals surface area (Å²) >= 11 is 6.68. The summed E-state index contributed by atoms with van der Waals surface area (Å²) < 4.78 is 71.4. The summed E-state index contributed by atoms with van der Waals surface area (Å²) in [6.45, 7) is 0. The van der Waals surface area contributed by atoms with E-state index in [0.717, 1.165) is 4.47 Å². The molecule has 190 valence electrons. The van der Waals surface area contributed by atoms with E-state index in [9.17, 15) is 16.8 Å². The monoisotopic (exact) mass is 662 g/mol. The Morgan fingerprint density at radius 3 is 1.46 bits per heavy atom. The first-order valence-electron chi connectivity index (χ1n) is 11.0. The number of benzene rings is 4. The lowest BCUT2D eigenvalue weighted by molar-refractivity contribution is 0.331. The molecule has 4 rings (SSSR count). The fourth-order valence-electron chi connectivity index (χ4n) is 3.88. The van der Waals surface area contributed by atoms with E-state index in [0.29, 0.717) is 10.0 Å². The molecule has 0 aliphatic heterocycles. The summed E-state index contributed by atoms with van der Waals surface area (Å²) in [4.78, 5) is -0.868. The van der Waals surface area contributed by atoms with Gasteiger partial charge in [0, 0.05) is 8.95 Å². The van der Waals surface area contributed by atoms with E-state index in [1.54, 1.807) is 48.5 Å². The van der Waals surface area contributed by atoms with Crippen molar-refractivity contribution in [2.45, 2.75) is 20.0 Å². The van der Waals surface area contributed by atoms with Gasteiger partial charge in [0.2, 0.25) is 19.7 Å². The maximum atomic E-state index is 17.7. The number of hydrogen-bond acceptors (Lipinski definition) is 4. The molecule has 4 aromatic rings. The van der Waals surface area contributed by atoms with Crippen molar-refractivity contribution in [3.05, 3.63) is 135 Å². The number of alkyl halides is 1. The lowest BCUT2D eigenvalue weighted by Crippen LogP contribution is -2.47. The summed E-state index contributed by atoms with van der Waals surface area (Å²) in [6.07, 6.45) is 2.82. The van der Waals surface area contributed by atoms with E-state index in [2.05, 4.69) is 31.9 Å². The molecule has 37 heavy (non-hydrogen) atoms. The summed E-state index contributed by atoms with van der Waals surface area (Å²) in [6, 6.07) is 26.9. The number of halogens is 3. The average molecular weight is 664 g/mol. The molecule has 0 bridgehead atoms. The lowest BCUT2D eigenvalue weighted by atomic mass is 9.98. The molecule has 9 heteroatoms. The Morgan fingerprint density at radius 2 is 1.03 bits per heavy atom. The minimum Gasteiger partial charge on any atom is -0.219 e. The minimum atomic E-state index is -5.10. The number of rotatable bonds is 8. The van der Waals surface area contributed by atoms with Crippen LogP contribution in [0.15, 0.2) is 134 Å². The Kier molecular flexibility index (Phi) is 8.18. The van der Waals surface area contributed by atoms with E-state index in [1.807, 2.05) is 0 Å². The summed E-state index contributed by atoms with van der Waals surface area (Å²) in [5.74, 6) is -1.71. The van der Waals surface area contributed by atoms with Gasteiger partial charge < -0.3 is 0 Å². The van der Waals surface area contributed by atoms with Crippen LogP contribution in [-0.4, -0.2) is 21.2 Å². The van der Waals surface area contributed by atoms with E-state index >= 15 is 4.39 Å². The molecule has 0 radical (unpaired) electrons. The van der Waals surface area contributed by atoms with E-state index in [4.69, 9.17) is 0 Å². The third kappa shape index (κ3) is 5.36. The highest BCUT2D eigenvalue weighted by Gasteiger charge is 2.62. The van der Waals surface area contributed by atoms with Crippen LogP contribution in [0.4, 0.5) is 4.39 Å². The van der Waals surface area contributed by atoms with Crippen molar-refractivity contribution in [1.29, 1.82) is 0 Å². The van der Waals surface area contributed by atoms with Crippen LogP contribution in [0.25, 0.3) is 6.08 Å². The second-order valence-electron chi connectivity index (χ2n) is 8.16. The zero-order valence-corrected chi connectivity index (χ0v) is 24.0. The van der Waals surface area contributed by atoms with Gasteiger partial charge in [-0.15, -0.1) is 0 Å². The predicted molar refractivity (Wildman–Crippen MR) is 151 cm³/mol. The van der Waals surface area contributed by atoms with Crippen LogP contribution in [-0.2, 0) is 19.7 Å². The van der Waals surface area contributed by atoms with Gasteiger partial charge in [-0.25, -0.2) is 21.2 Å². The van der Waals surface area contributed by atoms with Crippen molar-refractivity contribution in [3.8, 4) is 0 Å². The van der Waals surface area contributed by atoms with Crippen molar-refractivity contribution in [1.82, 2.24) is 0 Å². The predicted octanol–water partition coefficient (Wildman–Crippen LogP) is 7.58. The molecular weight excluding hydrogens is 643 g/mol. The van der Waals surface area contributed by atoms with Crippen molar-refractivity contribution in [2.75, 3.05) is 0 Å². The van der Waals surface area contributed by atoms with Crippen LogP contribution in [0, 0.1) is 0 Å². The van der Waals surface area contributed by atoms with Gasteiger partial charge >= 0.3 is 4.33 Å². The Balaban J connectivity index is 2.03. The first-order chi connectivity index (χ1) is 17.6. The van der Waals surface area contributed by atoms with Gasteiger partial charge in [0.25, 0.3) is 0 Å². The second-order valence-corrected chi connectivity index (χ2v) is 14.4. The topological polar surface area (TPSA) is 68.3 Å². The molecular formula is C28H21Br2FO4S2. The fraction of sp³-hybridized carbons (Fsp3) is 0.0714. The highest BCUT2D eigenvalue weighted by atomic mass is 79.9. The van der Waals surface area contributed by atoms with Gasteiger partial charge in [-0.1, -0.05) is 105 Å². The smallest absolute Gasteiger partial charge is 0.219 e. The SMILES string of the molecule is O=S(=O)(c1ccccc1)C(F)(C(/C=C/c1ccc(Br)cc1)c1ccc(Br)cc1)S(=O)(=O)c1ccccc1. The quantitative estimate of drug-likeness (QED) is 0.195. The molecule has 0 spiro atoms. The lowest BCUT2D eigenvalue weighted by Gasteiger charge is -2.32. The van der Waals surface area contributed by atoms with Crippen molar-refractivity contribution in [3.63, 3.8) is 0 Å². The Morgan fingerprint density at radius 1 is 0.622 bits per heavy atom. The van der Waals surface area contributed by atoms with Gasteiger partial charge in [0.1, 0.15) is 0 Å². The Bertz CT molecular complexity index is 1540. The largest absolute Gasteiger partial charge is 0.327 e. The highest BCUT2D eigenvalue weighted by molar-refractivity contribution is 9.10. The maximum Gasteiger partial charge on any atom is 0.327 e. The highest BCUT2D eigenvalue weighted by Crippen LogP contribution is 2.48. The van der Waals surface area contributed by atoms with E-state index in [1.165, 1.54) is 72.8 Å². The van der Waals surface area contributed by atoms with Crippen molar-refractivity contribution < 1.29 is 21.2 Å². The molecule has 0 N–H and O–H groups in total. The van der Waals surface area contributed by atoms with Gasteiger partial charge in [-0.2, -0.15) is 0 Å². The molecule has 0 aliphatic carbocycles. The minimum absolute atomic E-state index is 0.179.